The van der Waals surface area contributed by atoms with Gasteiger partial charge in [-0.1, -0.05) is 35.9 Å². The molecule has 0 spiro atoms. The molecule has 0 aliphatic carbocycles. The number of halogens is 1. The van der Waals surface area contributed by atoms with Gasteiger partial charge in [0.05, 0.1) is 30.7 Å². The van der Waals surface area contributed by atoms with Gasteiger partial charge in [-0.15, -0.1) is 5.10 Å². The lowest BCUT2D eigenvalue weighted by molar-refractivity contribution is 0.170. The number of hydrogen-bond acceptors (Lipinski definition) is 7. The fourth-order valence-electron chi connectivity index (χ4n) is 4.92. The zero-order valence-electron chi connectivity index (χ0n) is 20.8. The first-order valence-corrected chi connectivity index (χ1v) is 12.6. The molecule has 2 aromatic carbocycles. The van der Waals surface area contributed by atoms with Gasteiger partial charge in [-0.2, -0.15) is 4.68 Å². The molecule has 12 heteroatoms. The molecule has 4 heterocycles. The summed E-state index contributed by atoms with van der Waals surface area (Å²) in [4.78, 5) is 32.7. The highest BCUT2D eigenvalue weighted by atomic mass is 35.5. The number of carbonyl (C=O) groups is 1. The molecule has 39 heavy (non-hydrogen) atoms. The standard InChI is InChI=1S/C27H23ClN8O3/c1-39-27(38)30-13-16-2-4-17(5-3-16)22-14-29-26(32-22)24-9-7-20-10-18(11-25(37)36(20)24)21-12-19(28)6-8-23(21)35-15-31-33-34-35/h2-6,8,10-12,14-15,24H,7,9,13H2,1H3,(H,29,32)(H,30,38)/t24-/m0/s1. The van der Waals surface area contributed by atoms with Gasteiger partial charge in [-0.25, -0.2) is 9.78 Å². The van der Waals surface area contributed by atoms with E-state index in [1.165, 1.54) is 13.4 Å². The number of aromatic nitrogens is 7. The molecule has 11 nitrogen and oxygen atoms in total. The van der Waals surface area contributed by atoms with Crippen LogP contribution < -0.4 is 10.9 Å². The molecule has 196 valence electrons. The molecule has 3 aromatic heterocycles. The van der Waals surface area contributed by atoms with E-state index in [9.17, 15) is 9.59 Å². The van der Waals surface area contributed by atoms with E-state index in [0.29, 0.717) is 11.6 Å². The number of carbonyl (C=O) groups excluding carboxylic acids is 1. The van der Waals surface area contributed by atoms with E-state index in [1.54, 1.807) is 27.6 Å². The van der Waals surface area contributed by atoms with E-state index in [1.807, 2.05) is 42.5 Å². The van der Waals surface area contributed by atoms with Gasteiger partial charge in [0.1, 0.15) is 12.2 Å². The van der Waals surface area contributed by atoms with Crippen molar-refractivity contribution in [1.29, 1.82) is 0 Å². The molecule has 5 aromatic rings. The van der Waals surface area contributed by atoms with Crippen molar-refractivity contribution in [2.24, 2.45) is 0 Å². The number of pyridine rings is 1. The molecule has 0 radical (unpaired) electrons. The fourth-order valence-corrected chi connectivity index (χ4v) is 5.09. The van der Waals surface area contributed by atoms with Crippen LogP contribution in [0.3, 0.4) is 0 Å². The van der Waals surface area contributed by atoms with Gasteiger partial charge in [-0.3, -0.25) is 4.79 Å². The molecule has 1 aliphatic rings. The summed E-state index contributed by atoms with van der Waals surface area (Å²) in [6, 6.07) is 16.6. The predicted octanol–water partition coefficient (Wildman–Crippen LogP) is 3.93. The van der Waals surface area contributed by atoms with Crippen LogP contribution >= 0.6 is 11.6 Å². The van der Waals surface area contributed by atoms with Crippen LogP contribution in [-0.2, 0) is 17.7 Å². The molecule has 0 saturated heterocycles. The number of rotatable bonds is 6. The van der Waals surface area contributed by atoms with Crippen molar-refractivity contribution in [3.63, 3.8) is 0 Å². The van der Waals surface area contributed by atoms with E-state index < -0.39 is 6.09 Å². The van der Waals surface area contributed by atoms with E-state index in [-0.39, 0.29) is 11.6 Å². The average Bonchev–Trinajstić information content (AvgIpc) is 3.73. The van der Waals surface area contributed by atoms with Crippen molar-refractivity contribution >= 4 is 17.7 Å². The maximum atomic E-state index is 13.4. The molecule has 0 saturated carbocycles. The number of fused-ring (bicyclic) bond motifs is 1. The third-order valence-corrected chi connectivity index (χ3v) is 7.03. The lowest BCUT2D eigenvalue weighted by atomic mass is 10.0. The summed E-state index contributed by atoms with van der Waals surface area (Å²) in [5, 5.41) is 14.7. The van der Waals surface area contributed by atoms with Gasteiger partial charge < -0.3 is 19.6 Å². The molecule has 0 bridgehead atoms. The van der Waals surface area contributed by atoms with Crippen molar-refractivity contribution in [3.05, 3.63) is 99.6 Å². The van der Waals surface area contributed by atoms with Crippen molar-refractivity contribution in [1.82, 2.24) is 40.1 Å². The lowest BCUT2D eigenvalue weighted by Crippen LogP contribution is -2.23. The second-order valence-electron chi connectivity index (χ2n) is 9.14. The van der Waals surface area contributed by atoms with E-state index >= 15 is 0 Å². The van der Waals surface area contributed by atoms with Crippen LogP contribution in [0.25, 0.3) is 28.1 Å². The molecule has 2 N–H and O–H groups in total. The third-order valence-electron chi connectivity index (χ3n) is 6.80. The number of amides is 1. The van der Waals surface area contributed by atoms with Crippen molar-refractivity contribution in [2.75, 3.05) is 7.11 Å². The summed E-state index contributed by atoms with van der Waals surface area (Å²) < 4.78 is 7.95. The Morgan fingerprint density at radius 1 is 1.15 bits per heavy atom. The zero-order chi connectivity index (χ0) is 26.9. The molecule has 6 rings (SSSR count). The largest absolute Gasteiger partial charge is 0.453 e. The number of H-pyrrole nitrogens is 1. The first-order valence-electron chi connectivity index (χ1n) is 12.2. The molecule has 1 atom stereocenters. The van der Waals surface area contributed by atoms with Crippen LogP contribution in [0, 0.1) is 0 Å². The zero-order valence-corrected chi connectivity index (χ0v) is 21.6. The van der Waals surface area contributed by atoms with Crippen LogP contribution in [0.4, 0.5) is 4.79 Å². The summed E-state index contributed by atoms with van der Waals surface area (Å²) in [6.07, 6.45) is 4.28. The van der Waals surface area contributed by atoms with Crippen LogP contribution in [-0.4, -0.2) is 47.9 Å². The Kier molecular flexibility index (Phi) is 6.41. The molecule has 1 aliphatic heterocycles. The van der Waals surface area contributed by atoms with Crippen LogP contribution in [0.5, 0.6) is 0 Å². The number of ether oxygens (including phenoxy) is 1. The van der Waals surface area contributed by atoms with Crippen LogP contribution in [0.1, 0.15) is 29.5 Å². The Morgan fingerprint density at radius 2 is 2.00 bits per heavy atom. The van der Waals surface area contributed by atoms with Crippen molar-refractivity contribution in [3.8, 4) is 28.1 Å². The normalized spacial score (nSPS) is 14.3. The minimum atomic E-state index is -0.475. The van der Waals surface area contributed by atoms with Crippen molar-refractivity contribution < 1.29 is 9.53 Å². The van der Waals surface area contributed by atoms with E-state index in [4.69, 9.17) is 11.6 Å². The third kappa shape index (κ3) is 4.79. The maximum Gasteiger partial charge on any atom is 0.407 e. The Hall–Kier alpha value is -4.77. The Labute approximate surface area is 227 Å². The SMILES string of the molecule is COC(=O)NCc1ccc(-c2cnc([C@@H]3CCc4cc(-c5cc(Cl)ccc5-n5cnnn5)cc(=O)n43)[nH]2)cc1. The number of benzene rings is 2. The van der Waals surface area contributed by atoms with Crippen molar-refractivity contribution in [2.45, 2.75) is 25.4 Å². The minimum absolute atomic E-state index is 0.118. The summed E-state index contributed by atoms with van der Waals surface area (Å²) >= 11 is 6.31. The van der Waals surface area contributed by atoms with E-state index in [2.05, 4.69) is 35.5 Å². The number of nitrogens with zero attached hydrogens (tertiary/aromatic N) is 6. The van der Waals surface area contributed by atoms with Gasteiger partial charge in [0.2, 0.25) is 0 Å². The molecule has 1 amide bonds. The number of imidazole rings is 1. The van der Waals surface area contributed by atoms with Gasteiger partial charge >= 0.3 is 6.09 Å². The minimum Gasteiger partial charge on any atom is -0.453 e. The topological polar surface area (TPSA) is 133 Å². The number of aromatic amines is 1. The second kappa shape index (κ2) is 10.2. The lowest BCUT2D eigenvalue weighted by Gasteiger charge is -2.15. The Morgan fingerprint density at radius 3 is 2.77 bits per heavy atom. The summed E-state index contributed by atoms with van der Waals surface area (Å²) in [7, 11) is 1.33. The Bertz CT molecular complexity index is 1710. The smallest absolute Gasteiger partial charge is 0.407 e. The predicted molar refractivity (Wildman–Crippen MR) is 144 cm³/mol. The quantitative estimate of drug-likeness (QED) is 0.332. The maximum absolute atomic E-state index is 13.4. The fraction of sp³-hybridized carbons (Fsp3) is 0.185. The number of tetrazole rings is 1. The Balaban J connectivity index is 1.27. The highest BCUT2D eigenvalue weighted by molar-refractivity contribution is 6.31. The highest BCUT2D eigenvalue weighted by Gasteiger charge is 2.28. The second-order valence-corrected chi connectivity index (χ2v) is 9.57. The van der Waals surface area contributed by atoms with Gasteiger partial charge in [0, 0.05) is 28.9 Å². The van der Waals surface area contributed by atoms with Gasteiger partial charge in [-0.05, 0) is 64.2 Å². The number of hydrogen-bond donors (Lipinski definition) is 2. The van der Waals surface area contributed by atoms with Gasteiger partial charge in [0.15, 0.2) is 0 Å². The molecular formula is C27H23ClN8O3. The first-order chi connectivity index (χ1) is 19.0. The average molecular weight is 543 g/mol. The van der Waals surface area contributed by atoms with E-state index in [0.717, 1.165) is 58.0 Å². The molecule has 0 fully saturated rings. The van der Waals surface area contributed by atoms with Crippen LogP contribution in [0.15, 0.2) is 71.9 Å². The highest BCUT2D eigenvalue weighted by Crippen LogP contribution is 2.34. The molecule has 0 unspecified atom stereocenters. The van der Waals surface area contributed by atoms with Gasteiger partial charge in [0.25, 0.3) is 5.56 Å². The number of nitrogens with one attached hydrogen (secondary N) is 2. The summed E-state index contributed by atoms with van der Waals surface area (Å²) in [5.41, 5.74) is 5.79. The number of aryl methyl sites for hydroxylation is 1. The monoisotopic (exact) mass is 542 g/mol. The molecular weight excluding hydrogens is 520 g/mol. The number of alkyl carbamates (subject to hydrolysis) is 1. The summed E-state index contributed by atoms with van der Waals surface area (Å²) in [5.74, 6) is 0.729. The summed E-state index contributed by atoms with van der Waals surface area (Å²) in [6.45, 7) is 0.372. The first kappa shape index (κ1) is 24.6. The number of methoxy groups -OCH3 is 1. The van der Waals surface area contributed by atoms with Crippen LogP contribution in [0.2, 0.25) is 5.02 Å².